The Morgan fingerprint density at radius 3 is 1.65 bits per heavy atom. The van der Waals surface area contributed by atoms with Crippen molar-refractivity contribution in [2.24, 2.45) is 0 Å². The van der Waals surface area contributed by atoms with Crippen LogP contribution >= 0.6 is 20.8 Å². The molecule has 1 heterocycles. The van der Waals surface area contributed by atoms with Crippen LogP contribution in [0.5, 0.6) is 0 Å². The molecule has 0 saturated carbocycles. The van der Waals surface area contributed by atoms with Gasteiger partial charge in [-0.2, -0.15) is 0 Å². The van der Waals surface area contributed by atoms with E-state index in [-0.39, 0.29) is 5.97 Å². The van der Waals surface area contributed by atoms with E-state index < -0.39 is 5.31 Å². The van der Waals surface area contributed by atoms with Crippen LogP contribution in [0.2, 0.25) is 0 Å². The van der Waals surface area contributed by atoms with E-state index >= 15 is 0 Å². The van der Waals surface area contributed by atoms with Gasteiger partial charge in [-0.1, -0.05) is 45.4 Å². The van der Waals surface area contributed by atoms with Crippen LogP contribution in [0.4, 0.5) is 0 Å². The van der Waals surface area contributed by atoms with Gasteiger partial charge < -0.3 is 4.57 Å². The largest absolute Gasteiger partial charge is 0.334 e. The van der Waals surface area contributed by atoms with Crippen molar-refractivity contribution in [3.8, 4) is 0 Å². The molecule has 0 aliphatic rings. The number of carbonyl (C=O) groups excluding carboxylic acids is 1. The number of hydrogen-bond acceptors (Lipinski definition) is 3. The molecule has 1 aromatic heterocycles. The van der Waals surface area contributed by atoms with Crippen LogP contribution in [-0.4, -0.2) is 28.3 Å². The summed E-state index contributed by atoms with van der Waals surface area (Å²) < 4.78 is 8.13. The van der Waals surface area contributed by atoms with Gasteiger partial charge in [-0.05, 0) is 12.8 Å². The van der Waals surface area contributed by atoms with Crippen molar-refractivity contribution in [3.63, 3.8) is 0 Å². The molecule has 0 spiro atoms. The van der Waals surface area contributed by atoms with Gasteiger partial charge in [0.05, 0.1) is 6.33 Å². The summed E-state index contributed by atoms with van der Waals surface area (Å²) >= 11 is 4.49. The third-order valence-electron chi connectivity index (χ3n) is 9.87. The van der Waals surface area contributed by atoms with Crippen LogP contribution in [0.25, 0.3) is 0 Å². The van der Waals surface area contributed by atoms with Gasteiger partial charge >= 0.3 is 207 Å². The zero-order chi connectivity index (χ0) is 33.8. The van der Waals surface area contributed by atoms with Gasteiger partial charge in [-0.3, -0.25) is 0 Å². The zero-order valence-electron chi connectivity index (χ0n) is 29.2. The summed E-state index contributed by atoms with van der Waals surface area (Å²) in [5.41, 5.74) is 0. The topological polar surface area (TPSA) is 44.1 Å². The smallest absolute Gasteiger partial charge is 0.0948 e. The van der Waals surface area contributed by atoms with E-state index in [1.807, 2.05) is 12.5 Å². The van der Waals surface area contributed by atoms with Gasteiger partial charge in [-0.25, -0.2) is 4.98 Å². The summed E-state index contributed by atoms with van der Waals surface area (Å²) in [6.07, 6.45) is 25.7. The average Bonchev–Trinajstić information content (AvgIpc) is 3.68. The Morgan fingerprint density at radius 2 is 1.17 bits per heavy atom. The first-order chi connectivity index (χ1) is 23.6. The molecule has 0 saturated heterocycles. The van der Waals surface area contributed by atoms with Gasteiger partial charge in [-0.15, -0.1) is 0 Å². The molecular formula is C42H58BrN2O2P. The number of nitrogens with zero attached hydrogens (tertiary/aromatic N) is 2. The molecule has 0 bridgehead atoms. The van der Waals surface area contributed by atoms with Gasteiger partial charge in [0.15, 0.2) is 0 Å². The van der Waals surface area contributed by atoms with Crippen molar-refractivity contribution in [2.45, 2.75) is 116 Å². The van der Waals surface area contributed by atoms with E-state index in [1.54, 1.807) is 0 Å². The number of imidazole rings is 1. The third kappa shape index (κ3) is 10.9. The first-order valence-corrected chi connectivity index (χ1v) is 23.0. The quantitative estimate of drug-likeness (QED) is 0.0409. The molecule has 6 heteroatoms. The van der Waals surface area contributed by atoms with E-state index in [1.165, 1.54) is 93.0 Å². The Balaban J connectivity index is 1.17. The van der Waals surface area contributed by atoms with E-state index in [9.17, 15) is 4.79 Å². The second-order valence-corrected chi connectivity index (χ2v) is 22.4. The van der Waals surface area contributed by atoms with Crippen molar-refractivity contribution < 1.29 is 9.53 Å². The minimum absolute atomic E-state index is 0.0677. The second kappa shape index (κ2) is 20.7. The minimum Gasteiger partial charge on any atom is -0.334 e. The number of halogens is 1. The summed E-state index contributed by atoms with van der Waals surface area (Å²) in [6, 6.07) is 33.0. The number of benzene rings is 3. The van der Waals surface area contributed by atoms with Crippen LogP contribution in [0.1, 0.15) is 116 Å². The summed E-state index contributed by atoms with van der Waals surface area (Å²) in [5.74, 6) is -0.0677. The fourth-order valence-electron chi connectivity index (χ4n) is 7.12. The molecule has 4 nitrogen and oxygen atoms in total. The standard InChI is InChI=1S/C42H58BrN2O2P/c1-2-3-4-5-8-14-24-38(45-34-33-44-37-45)25-15-9-6-7-10-22-32-42(46)47-35-23-36-48(43,39-26-16-11-17-27-39,40-28-18-12-19-29-40)41-30-20-13-21-31-41/h11-13,16-21,26-31,33-34,37-38H,2-10,14-15,22-25,32,35-36H2,1H3. The molecule has 48 heavy (non-hydrogen) atoms. The molecule has 0 aliphatic carbocycles. The van der Waals surface area contributed by atoms with Crippen LogP contribution in [0.3, 0.4) is 0 Å². The summed E-state index contributed by atoms with van der Waals surface area (Å²) in [7, 11) is 0. The molecule has 0 fully saturated rings. The second-order valence-electron chi connectivity index (χ2n) is 13.4. The molecule has 1 unspecified atom stereocenters. The van der Waals surface area contributed by atoms with Gasteiger partial charge in [0, 0.05) is 18.4 Å². The number of rotatable bonds is 24. The Kier molecular flexibility index (Phi) is 16.4. The van der Waals surface area contributed by atoms with Crippen LogP contribution in [0.15, 0.2) is 110 Å². The Morgan fingerprint density at radius 1 is 0.688 bits per heavy atom. The molecule has 4 aromatic rings. The van der Waals surface area contributed by atoms with E-state index in [0.29, 0.717) is 19.1 Å². The number of esters is 1. The SMILES string of the molecule is CCCCCCCCC(CCCCCCCCC(=O)OCCCP(Br)(c1ccccc1)(c1ccccc1)c1ccccc1)n1ccnc1. The van der Waals surface area contributed by atoms with Crippen molar-refractivity contribution in [3.05, 3.63) is 110 Å². The van der Waals surface area contributed by atoms with Crippen LogP contribution < -0.4 is 15.9 Å². The number of carbonyl (C=O) groups is 1. The number of aromatic nitrogens is 2. The Bertz CT molecular complexity index is 1320. The first kappa shape index (κ1) is 38.1. The molecule has 0 N–H and O–H groups in total. The van der Waals surface area contributed by atoms with Crippen molar-refractivity contribution in [2.75, 3.05) is 12.8 Å². The van der Waals surface area contributed by atoms with Gasteiger partial charge in [0.1, 0.15) is 0 Å². The van der Waals surface area contributed by atoms with Crippen molar-refractivity contribution in [1.29, 1.82) is 0 Å². The number of ether oxygens (including phenoxy) is 1. The third-order valence-corrected chi connectivity index (χ3v) is 19.9. The molecule has 1 atom stereocenters. The molecule has 0 amide bonds. The van der Waals surface area contributed by atoms with E-state index in [2.05, 4.69) is 129 Å². The molecule has 260 valence electrons. The molecule has 0 radical (unpaired) electrons. The maximum atomic E-state index is 12.7. The monoisotopic (exact) mass is 732 g/mol. The average molecular weight is 734 g/mol. The minimum atomic E-state index is -2.98. The van der Waals surface area contributed by atoms with Crippen LogP contribution in [0, 0.1) is 0 Å². The summed E-state index contributed by atoms with van der Waals surface area (Å²) in [5, 5.41) is 0.902. The zero-order valence-corrected chi connectivity index (χ0v) is 31.7. The number of unbranched alkanes of at least 4 members (excludes halogenated alkanes) is 10. The molecular weight excluding hydrogens is 675 g/mol. The van der Waals surface area contributed by atoms with E-state index in [4.69, 9.17) is 4.74 Å². The first-order valence-electron chi connectivity index (χ1n) is 18.6. The van der Waals surface area contributed by atoms with Crippen LogP contribution in [-0.2, 0) is 9.53 Å². The summed E-state index contributed by atoms with van der Waals surface area (Å²) in [4.78, 5) is 17.0. The normalized spacial score (nSPS) is 13.1. The predicted molar refractivity (Wildman–Crippen MR) is 211 cm³/mol. The molecule has 0 aliphatic heterocycles. The maximum Gasteiger partial charge on any atom is 0.0948 e. The van der Waals surface area contributed by atoms with Gasteiger partial charge in [0.25, 0.3) is 0 Å². The Labute approximate surface area is 298 Å². The molecule has 3 aromatic carbocycles. The van der Waals surface area contributed by atoms with Crippen molar-refractivity contribution >= 4 is 42.7 Å². The fraction of sp³-hybridized carbons (Fsp3) is 0.476. The maximum absolute atomic E-state index is 12.7. The summed E-state index contributed by atoms with van der Waals surface area (Å²) in [6.45, 7) is 2.71. The Hall–Kier alpha value is -2.75. The number of hydrogen-bond donors (Lipinski definition) is 0. The predicted octanol–water partition coefficient (Wildman–Crippen LogP) is 11.1. The van der Waals surface area contributed by atoms with E-state index in [0.717, 1.165) is 25.4 Å². The van der Waals surface area contributed by atoms with Crippen molar-refractivity contribution in [1.82, 2.24) is 9.55 Å². The molecule has 4 rings (SSSR count). The fourth-order valence-corrected chi connectivity index (χ4v) is 14.8. The van der Waals surface area contributed by atoms with Gasteiger partial charge in [0.2, 0.25) is 0 Å².